The van der Waals surface area contributed by atoms with Crippen LogP contribution in [0.5, 0.6) is 5.75 Å². The second-order valence-corrected chi connectivity index (χ2v) is 4.86. The van der Waals surface area contributed by atoms with E-state index >= 15 is 0 Å². The van der Waals surface area contributed by atoms with Crippen LogP contribution in [0.4, 0.5) is 0 Å². The maximum absolute atomic E-state index is 10.4. The summed E-state index contributed by atoms with van der Waals surface area (Å²) in [5.74, 6) is 2.57. The molecule has 0 radical (unpaired) electrons. The fourth-order valence-electron chi connectivity index (χ4n) is 0.838. The molecule has 0 amide bonds. The molecule has 0 aliphatic heterocycles. The molecule has 0 aromatic heterocycles. The third-order valence-electron chi connectivity index (χ3n) is 1.42. The Balaban J connectivity index is 2.70. The zero-order valence-electron chi connectivity index (χ0n) is 7.07. The van der Waals surface area contributed by atoms with Crippen molar-refractivity contribution in [1.29, 1.82) is 0 Å². The van der Waals surface area contributed by atoms with Gasteiger partial charge in [0.05, 0.1) is 0 Å². The molecule has 3 nitrogen and oxygen atoms in total. The second-order valence-electron chi connectivity index (χ2n) is 2.56. The summed E-state index contributed by atoms with van der Waals surface area (Å²) >= 11 is 0. The van der Waals surface area contributed by atoms with E-state index in [-0.39, 0.29) is 12.2 Å². The topological polar surface area (TPSA) is 54.4 Å². The first kappa shape index (κ1) is 10.9. The third kappa shape index (κ3) is 4.17. The van der Waals surface area contributed by atoms with Crippen molar-refractivity contribution >= 4 is 19.7 Å². The fourth-order valence-corrected chi connectivity index (χ4v) is 1.25. The summed E-state index contributed by atoms with van der Waals surface area (Å²) < 4.78 is 20.9. The summed E-state index contributed by atoms with van der Waals surface area (Å²) in [5.41, 5.74) is 0.815. The van der Waals surface area contributed by atoms with Crippen LogP contribution < -0.4 is 0 Å². The van der Waals surface area contributed by atoms with E-state index < -0.39 is 9.05 Å². The summed E-state index contributed by atoms with van der Waals surface area (Å²) in [6, 6.07) is 6.33. The molecule has 1 aromatic rings. The van der Waals surface area contributed by atoms with Crippen molar-refractivity contribution in [3.63, 3.8) is 0 Å². The van der Waals surface area contributed by atoms with E-state index in [9.17, 15) is 8.42 Å². The number of phenolic OH excluding ortho intramolecular Hbond substituents is 1. The molecular formula is C9H7ClO3S. The van der Waals surface area contributed by atoms with Gasteiger partial charge in [-0.15, -0.1) is 0 Å². The average Bonchev–Trinajstić information content (AvgIpc) is 2.06. The molecule has 1 rings (SSSR count). The molecule has 0 atom stereocenters. The maximum atomic E-state index is 10.4. The fraction of sp³-hybridized carbons (Fsp3) is 0.111. The molecule has 1 aromatic carbocycles. The largest absolute Gasteiger partial charge is 0.508 e. The molecule has 0 saturated heterocycles. The van der Waals surface area contributed by atoms with Gasteiger partial charge in [0.25, 0.3) is 0 Å². The summed E-state index contributed by atoms with van der Waals surface area (Å²) in [6.45, 7) is 0. The summed E-state index contributed by atoms with van der Waals surface area (Å²) in [7, 11) is 1.14. The molecule has 74 valence electrons. The van der Waals surface area contributed by atoms with E-state index in [1.165, 1.54) is 12.1 Å². The molecular weight excluding hydrogens is 224 g/mol. The number of rotatable bonds is 1. The average molecular weight is 231 g/mol. The lowest BCUT2D eigenvalue weighted by Crippen LogP contribution is -1.83. The highest BCUT2D eigenvalue weighted by molar-refractivity contribution is 8.17. The lowest BCUT2D eigenvalue weighted by molar-refractivity contribution is 0.475. The zero-order chi connectivity index (χ0) is 10.6. The number of hydrogen-bond acceptors (Lipinski definition) is 3. The molecule has 5 heteroatoms. The smallest absolute Gasteiger partial charge is 0.300 e. The van der Waals surface area contributed by atoms with Crippen molar-refractivity contribution in [2.75, 3.05) is 0 Å². The molecule has 0 aliphatic rings. The number of phenols is 1. The van der Waals surface area contributed by atoms with Crippen LogP contribution in [-0.2, 0) is 15.5 Å². The highest BCUT2D eigenvalue weighted by Crippen LogP contribution is 2.09. The minimum absolute atomic E-state index is 0.159. The maximum Gasteiger partial charge on any atom is 0.300 e. The molecule has 0 heterocycles. The van der Waals surface area contributed by atoms with Crippen LogP contribution in [0, 0.1) is 11.2 Å². The van der Waals surface area contributed by atoms with Gasteiger partial charge < -0.3 is 5.11 Å². The van der Waals surface area contributed by atoms with Gasteiger partial charge in [0.15, 0.2) is 0 Å². The van der Waals surface area contributed by atoms with E-state index in [1.54, 1.807) is 12.1 Å². The molecule has 1 N–H and O–H groups in total. The molecule has 0 fully saturated rings. The molecule has 14 heavy (non-hydrogen) atoms. The van der Waals surface area contributed by atoms with Crippen molar-refractivity contribution in [2.24, 2.45) is 0 Å². The minimum Gasteiger partial charge on any atom is -0.508 e. The Labute approximate surface area is 86.8 Å². The molecule has 0 bridgehead atoms. The van der Waals surface area contributed by atoms with Crippen molar-refractivity contribution < 1.29 is 13.5 Å². The predicted octanol–water partition coefficient (Wildman–Crippen LogP) is 1.46. The van der Waals surface area contributed by atoms with Crippen LogP contribution in [0.2, 0.25) is 0 Å². The van der Waals surface area contributed by atoms with Crippen molar-refractivity contribution in [3.8, 4) is 16.9 Å². The van der Waals surface area contributed by atoms with Gasteiger partial charge >= 0.3 is 9.05 Å². The second kappa shape index (κ2) is 4.36. The first-order chi connectivity index (χ1) is 6.47. The van der Waals surface area contributed by atoms with Gasteiger partial charge in [0.2, 0.25) is 0 Å². The quantitative estimate of drug-likeness (QED) is 0.587. The van der Waals surface area contributed by atoms with E-state index in [0.717, 1.165) is 5.56 Å². The zero-order valence-corrected chi connectivity index (χ0v) is 8.64. The van der Waals surface area contributed by atoms with Gasteiger partial charge in [-0.1, -0.05) is 18.1 Å². The Morgan fingerprint density at radius 1 is 1.29 bits per heavy atom. The standard InChI is InChI=1S/C9H7ClO3S/c10-14(12,13)7-1-2-8-3-5-9(11)6-4-8/h3-6,11H,2H2. The van der Waals surface area contributed by atoms with Crippen LogP contribution in [0.15, 0.2) is 24.3 Å². The first-order valence-corrected chi connectivity index (χ1v) is 6.00. The Kier molecular flexibility index (Phi) is 3.39. The third-order valence-corrected chi connectivity index (χ3v) is 2.04. The van der Waals surface area contributed by atoms with Crippen LogP contribution in [0.1, 0.15) is 5.56 Å². The number of hydrogen-bond donors (Lipinski definition) is 1. The van der Waals surface area contributed by atoms with Gasteiger partial charge in [-0.3, -0.25) is 0 Å². The molecule has 0 unspecified atom stereocenters. The number of benzene rings is 1. The van der Waals surface area contributed by atoms with Gasteiger partial charge in [-0.05, 0) is 17.7 Å². The number of aromatic hydroxyl groups is 1. The Morgan fingerprint density at radius 2 is 1.86 bits per heavy atom. The predicted molar refractivity (Wildman–Crippen MR) is 54.4 cm³/mol. The van der Waals surface area contributed by atoms with Crippen molar-refractivity contribution in [1.82, 2.24) is 0 Å². The van der Waals surface area contributed by atoms with Gasteiger partial charge in [0.1, 0.15) is 5.75 Å². The molecule has 0 saturated carbocycles. The normalized spacial score (nSPS) is 10.4. The Hall–Kier alpha value is -1.18. The SMILES string of the molecule is O=S(=O)(Cl)C#CCc1ccc(O)cc1. The van der Waals surface area contributed by atoms with E-state index in [4.69, 9.17) is 15.8 Å². The van der Waals surface area contributed by atoms with Crippen LogP contribution in [0.3, 0.4) is 0 Å². The lowest BCUT2D eigenvalue weighted by Gasteiger charge is -1.93. The monoisotopic (exact) mass is 230 g/mol. The molecule has 0 aliphatic carbocycles. The van der Waals surface area contributed by atoms with E-state index in [0.29, 0.717) is 0 Å². The van der Waals surface area contributed by atoms with E-state index in [1.807, 2.05) is 5.25 Å². The van der Waals surface area contributed by atoms with Crippen LogP contribution in [0.25, 0.3) is 0 Å². The van der Waals surface area contributed by atoms with Gasteiger partial charge in [0, 0.05) is 22.4 Å². The van der Waals surface area contributed by atoms with Crippen molar-refractivity contribution in [2.45, 2.75) is 6.42 Å². The Bertz CT molecular complexity index is 465. The minimum atomic E-state index is -3.74. The molecule has 0 spiro atoms. The summed E-state index contributed by atoms with van der Waals surface area (Å²) in [5, 5.41) is 10.9. The highest BCUT2D eigenvalue weighted by Gasteiger charge is 1.95. The summed E-state index contributed by atoms with van der Waals surface area (Å²) in [4.78, 5) is 0. The highest BCUT2D eigenvalue weighted by atomic mass is 35.7. The number of halogens is 1. The Morgan fingerprint density at radius 3 is 2.36 bits per heavy atom. The van der Waals surface area contributed by atoms with Crippen LogP contribution >= 0.6 is 10.7 Å². The van der Waals surface area contributed by atoms with E-state index in [2.05, 4.69) is 5.92 Å². The van der Waals surface area contributed by atoms with Crippen molar-refractivity contribution in [3.05, 3.63) is 29.8 Å². The summed E-state index contributed by atoms with van der Waals surface area (Å²) in [6.07, 6.45) is 0.284. The van der Waals surface area contributed by atoms with Gasteiger partial charge in [-0.2, -0.15) is 8.42 Å². The lowest BCUT2D eigenvalue weighted by atomic mass is 10.1. The van der Waals surface area contributed by atoms with Gasteiger partial charge in [-0.25, -0.2) is 0 Å². The van der Waals surface area contributed by atoms with Crippen LogP contribution in [-0.4, -0.2) is 13.5 Å². The first-order valence-electron chi connectivity index (χ1n) is 3.69.